The number of aliphatic imine (C=N–C) groups is 1. The van der Waals surface area contributed by atoms with E-state index in [0.717, 1.165) is 30.0 Å². The zero-order valence-corrected chi connectivity index (χ0v) is 18.9. The summed E-state index contributed by atoms with van der Waals surface area (Å²) in [7, 11) is -2.97. The highest BCUT2D eigenvalue weighted by Crippen LogP contribution is 2.16. The first-order valence-electron chi connectivity index (χ1n) is 9.99. The SMILES string of the molecule is CCNC(=NCc1c(C)nn(Cc2ccccc2)c1C)NC(C)CCS(C)(=O)=O. The number of nitrogens with one attached hydrogen (secondary N) is 2. The minimum absolute atomic E-state index is 0.00511. The van der Waals surface area contributed by atoms with Crippen molar-refractivity contribution >= 4 is 15.8 Å². The van der Waals surface area contributed by atoms with Gasteiger partial charge >= 0.3 is 0 Å². The molecule has 7 nitrogen and oxygen atoms in total. The zero-order chi connectivity index (χ0) is 21.4. The first-order chi connectivity index (χ1) is 13.7. The van der Waals surface area contributed by atoms with E-state index in [-0.39, 0.29) is 11.8 Å². The van der Waals surface area contributed by atoms with E-state index in [1.807, 2.05) is 43.7 Å². The van der Waals surface area contributed by atoms with Crippen LogP contribution in [0.15, 0.2) is 35.3 Å². The van der Waals surface area contributed by atoms with Crippen molar-refractivity contribution in [1.29, 1.82) is 0 Å². The van der Waals surface area contributed by atoms with Gasteiger partial charge in [0.2, 0.25) is 0 Å². The summed E-state index contributed by atoms with van der Waals surface area (Å²) in [5.41, 5.74) is 4.41. The molecule has 1 atom stereocenters. The van der Waals surface area contributed by atoms with Gasteiger partial charge in [0.05, 0.1) is 24.5 Å². The van der Waals surface area contributed by atoms with Crippen LogP contribution in [0, 0.1) is 13.8 Å². The van der Waals surface area contributed by atoms with Crippen LogP contribution in [0.4, 0.5) is 0 Å². The maximum Gasteiger partial charge on any atom is 0.191 e. The molecule has 0 bridgehead atoms. The average molecular weight is 420 g/mol. The molecule has 160 valence electrons. The Bertz CT molecular complexity index is 920. The summed E-state index contributed by atoms with van der Waals surface area (Å²) in [6.45, 7) is 10.0. The van der Waals surface area contributed by atoms with Crippen molar-refractivity contribution in [2.75, 3.05) is 18.6 Å². The van der Waals surface area contributed by atoms with Gasteiger partial charge in [-0.15, -0.1) is 0 Å². The third-order valence-electron chi connectivity index (χ3n) is 4.75. The Morgan fingerprint density at radius 1 is 1.24 bits per heavy atom. The van der Waals surface area contributed by atoms with Crippen LogP contribution in [0.25, 0.3) is 0 Å². The Morgan fingerprint density at radius 2 is 1.93 bits per heavy atom. The molecule has 1 aromatic heterocycles. The predicted octanol–water partition coefficient (Wildman–Crippen LogP) is 2.43. The lowest BCUT2D eigenvalue weighted by Gasteiger charge is -2.17. The molecule has 1 aromatic carbocycles. The monoisotopic (exact) mass is 419 g/mol. The maximum atomic E-state index is 11.4. The van der Waals surface area contributed by atoms with Gasteiger partial charge in [0.15, 0.2) is 5.96 Å². The van der Waals surface area contributed by atoms with Crippen molar-refractivity contribution in [3.8, 4) is 0 Å². The molecule has 0 saturated heterocycles. The van der Waals surface area contributed by atoms with Crippen LogP contribution >= 0.6 is 0 Å². The van der Waals surface area contributed by atoms with Crippen molar-refractivity contribution in [2.45, 2.75) is 53.2 Å². The molecule has 0 spiro atoms. The average Bonchev–Trinajstić information content (AvgIpc) is 2.91. The van der Waals surface area contributed by atoms with Gasteiger partial charge in [-0.25, -0.2) is 13.4 Å². The van der Waals surface area contributed by atoms with Crippen molar-refractivity contribution in [3.05, 3.63) is 52.8 Å². The van der Waals surface area contributed by atoms with Crippen molar-refractivity contribution in [1.82, 2.24) is 20.4 Å². The standard InChI is InChI=1S/C21H33N5O2S/c1-6-22-21(24-16(2)12-13-29(5,27)28)23-14-20-17(3)25-26(18(20)4)15-19-10-8-7-9-11-19/h7-11,16H,6,12-15H2,1-5H3,(H2,22,23,24). The van der Waals surface area contributed by atoms with E-state index in [1.165, 1.54) is 11.8 Å². The Hall–Kier alpha value is -2.35. The molecule has 0 fully saturated rings. The summed E-state index contributed by atoms with van der Waals surface area (Å²) in [5.74, 6) is 0.841. The van der Waals surface area contributed by atoms with Gasteiger partial charge in [0.1, 0.15) is 9.84 Å². The molecule has 1 heterocycles. The van der Waals surface area contributed by atoms with Crippen LogP contribution < -0.4 is 10.6 Å². The van der Waals surface area contributed by atoms with E-state index >= 15 is 0 Å². The number of nitrogens with zero attached hydrogens (tertiary/aromatic N) is 3. The van der Waals surface area contributed by atoms with Crippen LogP contribution in [0.5, 0.6) is 0 Å². The lowest BCUT2D eigenvalue weighted by Crippen LogP contribution is -2.42. The molecule has 0 amide bonds. The fourth-order valence-corrected chi connectivity index (χ4v) is 3.83. The fourth-order valence-electron chi connectivity index (χ4n) is 3.05. The summed E-state index contributed by atoms with van der Waals surface area (Å²) in [5, 5.41) is 11.2. The Balaban J connectivity index is 2.08. The van der Waals surface area contributed by atoms with Crippen molar-refractivity contribution < 1.29 is 8.42 Å². The third kappa shape index (κ3) is 7.53. The molecule has 0 aliphatic heterocycles. The molecular weight excluding hydrogens is 386 g/mol. The second-order valence-corrected chi connectivity index (χ2v) is 9.71. The third-order valence-corrected chi connectivity index (χ3v) is 5.73. The summed E-state index contributed by atoms with van der Waals surface area (Å²) in [4.78, 5) is 4.70. The van der Waals surface area contributed by atoms with Crippen LogP contribution in [0.2, 0.25) is 0 Å². The van der Waals surface area contributed by atoms with Crippen LogP contribution in [-0.2, 0) is 22.9 Å². The molecule has 2 aromatic rings. The van der Waals surface area contributed by atoms with E-state index < -0.39 is 9.84 Å². The Kier molecular flexibility index (Phi) is 8.25. The molecule has 1 unspecified atom stereocenters. The first-order valence-corrected chi connectivity index (χ1v) is 12.0. The van der Waals surface area contributed by atoms with Gasteiger partial charge in [-0.2, -0.15) is 5.10 Å². The van der Waals surface area contributed by atoms with Crippen molar-refractivity contribution in [2.24, 2.45) is 4.99 Å². The number of guanidine groups is 1. The molecule has 0 saturated carbocycles. The van der Waals surface area contributed by atoms with Crippen LogP contribution in [0.1, 0.15) is 42.8 Å². The lowest BCUT2D eigenvalue weighted by atomic mass is 10.2. The Morgan fingerprint density at radius 3 is 2.55 bits per heavy atom. The van der Waals surface area contributed by atoms with Gasteiger partial charge in [0.25, 0.3) is 0 Å². The molecular formula is C21H33N5O2S. The normalized spacial score (nSPS) is 13.3. The van der Waals surface area contributed by atoms with E-state index in [2.05, 4.69) is 34.8 Å². The molecule has 2 N–H and O–H groups in total. The molecule has 0 aliphatic carbocycles. The minimum Gasteiger partial charge on any atom is -0.357 e. The smallest absolute Gasteiger partial charge is 0.191 e. The van der Waals surface area contributed by atoms with Gasteiger partial charge in [-0.3, -0.25) is 4.68 Å². The fraction of sp³-hybridized carbons (Fsp3) is 0.524. The van der Waals surface area contributed by atoms with Crippen molar-refractivity contribution in [3.63, 3.8) is 0 Å². The summed E-state index contributed by atoms with van der Waals surface area (Å²) >= 11 is 0. The van der Waals surface area contributed by atoms with Gasteiger partial charge in [-0.05, 0) is 39.7 Å². The van der Waals surface area contributed by atoms with E-state index in [9.17, 15) is 8.42 Å². The number of hydrogen-bond acceptors (Lipinski definition) is 4. The lowest BCUT2D eigenvalue weighted by molar-refractivity contribution is 0.581. The number of hydrogen-bond donors (Lipinski definition) is 2. The van der Waals surface area contributed by atoms with E-state index in [1.54, 1.807) is 0 Å². The number of benzene rings is 1. The second-order valence-electron chi connectivity index (χ2n) is 7.45. The molecule has 29 heavy (non-hydrogen) atoms. The van der Waals surface area contributed by atoms with Crippen LogP contribution in [-0.4, -0.2) is 48.8 Å². The van der Waals surface area contributed by atoms with Crippen LogP contribution in [0.3, 0.4) is 0 Å². The molecule has 8 heteroatoms. The highest BCUT2D eigenvalue weighted by atomic mass is 32.2. The summed E-state index contributed by atoms with van der Waals surface area (Å²) in [6, 6.07) is 10.3. The second kappa shape index (κ2) is 10.4. The van der Waals surface area contributed by atoms with Gasteiger partial charge in [-0.1, -0.05) is 30.3 Å². The topological polar surface area (TPSA) is 88.4 Å². The van der Waals surface area contributed by atoms with E-state index in [0.29, 0.717) is 18.9 Å². The van der Waals surface area contributed by atoms with Gasteiger partial charge in [0, 0.05) is 30.1 Å². The predicted molar refractivity (Wildman–Crippen MR) is 119 cm³/mol. The number of sulfone groups is 1. The number of rotatable bonds is 9. The first kappa shape index (κ1) is 22.9. The quantitative estimate of drug-likeness (QED) is 0.481. The van der Waals surface area contributed by atoms with Gasteiger partial charge < -0.3 is 10.6 Å². The highest BCUT2D eigenvalue weighted by molar-refractivity contribution is 7.90. The summed E-state index contributed by atoms with van der Waals surface area (Å²) < 4.78 is 24.8. The molecule has 0 aliphatic rings. The summed E-state index contributed by atoms with van der Waals surface area (Å²) in [6.07, 6.45) is 1.80. The largest absolute Gasteiger partial charge is 0.357 e. The number of aryl methyl sites for hydroxylation is 1. The minimum atomic E-state index is -2.97. The van der Waals surface area contributed by atoms with E-state index in [4.69, 9.17) is 4.99 Å². The Labute approximate surface area is 174 Å². The number of aromatic nitrogens is 2. The molecule has 2 rings (SSSR count). The maximum absolute atomic E-state index is 11.4. The molecule has 0 radical (unpaired) electrons. The zero-order valence-electron chi connectivity index (χ0n) is 18.1. The highest BCUT2D eigenvalue weighted by Gasteiger charge is 2.13.